The first kappa shape index (κ1) is 18.9. The molecule has 3 aliphatic rings. The zero-order valence-electron chi connectivity index (χ0n) is 15.8. The molecule has 0 aromatic rings. The van der Waals surface area contributed by atoms with Gasteiger partial charge in [-0.15, -0.1) is 0 Å². The highest BCUT2D eigenvalue weighted by Gasteiger charge is 2.29. The van der Waals surface area contributed by atoms with Gasteiger partial charge in [0.05, 0.1) is 6.54 Å². The lowest BCUT2D eigenvalue weighted by Gasteiger charge is -2.40. The number of guanidine groups is 1. The maximum Gasteiger partial charge on any atom is 0.324 e. The van der Waals surface area contributed by atoms with E-state index in [0.29, 0.717) is 19.1 Å². The van der Waals surface area contributed by atoms with E-state index in [2.05, 4.69) is 25.8 Å². The van der Waals surface area contributed by atoms with Gasteiger partial charge in [0.15, 0.2) is 5.96 Å². The van der Waals surface area contributed by atoms with Crippen molar-refractivity contribution < 1.29 is 9.59 Å². The maximum absolute atomic E-state index is 11.6. The molecule has 3 fully saturated rings. The Kier molecular flexibility index (Phi) is 6.71. The van der Waals surface area contributed by atoms with Crippen LogP contribution in [0.4, 0.5) is 4.79 Å². The largest absolute Gasteiger partial charge is 0.355 e. The van der Waals surface area contributed by atoms with Crippen molar-refractivity contribution in [3.05, 3.63) is 0 Å². The van der Waals surface area contributed by atoms with Crippen LogP contribution in [0.15, 0.2) is 4.99 Å². The highest BCUT2D eigenvalue weighted by atomic mass is 16.2. The monoisotopic (exact) mass is 364 g/mol. The van der Waals surface area contributed by atoms with Gasteiger partial charge in [0.2, 0.25) is 5.91 Å². The first-order valence-corrected chi connectivity index (χ1v) is 9.97. The molecule has 1 saturated carbocycles. The average Bonchev–Trinajstić information content (AvgIpc) is 3.00. The second-order valence-corrected chi connectivity index (χ2v) is 7.47. The summed E-state index contributed by atoms with van der Waals surface area (Å²) in [6.07, 6.45) is 9.17. The number of urea groups is 1. The molecule has 3 N–H and O–H groups in total. The fourth-order valence-corrected chi connectivity index (χ4v) is 4.26. The molecular weight excluding hydrogens is 332 g/mol. The molecule has 2 aliphatic heterocycles. The maximum atomic E-state index is 11.6. The van der Waals surface area contributed by atoms with Crippen LogP contribution in [0.2, 0.25) is 0 Å². The third-order valence-electron chi connectivity index (χ3n) is 5.67. The lowest BCUT2D eigenvalue weighted by Crippen LogP contribution is -2.54. The molecule has 1 atom stereocenters. The molecule has 3 rings (SSSR count). The van der Waals surface area contributed by atoms with E-state index in [1.54, 1.807) is 7.05 Å². The second-order valence-electron chi connectivity index (χ2n) is 7.47. The molecule has 0 spiro atoms. The Morgan fingerprint density at radius 3 is 2.69 bits per heavy atom. The fraction of sp³-hybridized carbons (Fsp3) is 0.833. The topological polar surface area (TPSA) is 89.1 Å². The molecule has 0 aromatic heterocycles. The predicted octanol–water partition coefficient (Wildman–Crippen LogP) is 0.500. The molecule has 0 bridgehead atoms. The lowest BCUT2D eigenvalue weighted by molar-refractivity contribution is -0.124. The number of nitrogens with one attached hydrogen (secondary N) is 3. The van der Waals surface area contributed by atoms with Gasteiger partial charge in [-0.05, 0) is 32.2 Å². The van der Waals surface area contributed by atoms with Crippen molar-refractivity contribution in [3.8, 4) is 0 Å². The Balaban J connectivity index is 1.42. The number of rotatable bonds is 5. The number of hydrogen-bond donors (Lipinski definition) is 3. The Bertz CT molecular complexity index is 516. The minimum atomic E-state index is -0.310. The second kappa shape index (κ2) is 9.21. The van der Waals surface area contributed by atoms with Gasteiger partial charge in [0, 0.05) is 38.8 Å². The summed E-state index contributed by atoms with van der Waals surface area (Å²) in [4.78, 5) is 31.3. The Morgan fingerprint density at radius 1 is 1.19 bits per heavy atom. The molecule has 1 aliphatic carbocycles. The molecule has 3 amide bonds. The van der Waals surface area contributed by atoms with Crippen molar-refractivity contribution in [2.45, 2.75) is 57.0 Å². The van der Waals surface area contributed by atoms with Gasteiger partial charge in [-0.1, -0.05) is 19.3 Å². The average molecular weight is 364 g/mol. The minimum Gasteiger partial charge on any atom is -0.355 e. The van der Waals surface area contributed by atoms with Gasteiger partial charge in [-0.2, -0.15) is 0 Å². The van der Waals surface area contributed by atoms with Crippen LogP contribution in [0, 0.1) is 0 Å². The van der Waals surface area contributed by atoms with E-state index < -0.39 is 0 Å². The molecule has 2 heterocycles. The summed E-state index contributed by atoms with van der Waals surface area (Å²) in [5.74, 6) is 0.572. The Morgan fingerprint density at radius 2 is 2.00 bits per heavy atom. The Labute approximate surface area is 155 Å². The van der Waals surface area contributed by atoms with Crippen LogP contribution in [0.1, 0.15) is 44.9 Å². The van der Waals surface area contributed by atoms with E-state index in [4.69, 9.17) is 0 Å². The van der Waals surface area contributed by atoms with Gasteiger partial charge in [0.25, 0.3) is 0 Å². The van der Waals surface area contributed by atoms with E-state index in [1.807, 2.05) is 0 Å². The quantitative estimate of drug-likeness (QED) is 0.376. The fourth-order valence-electron chi connectivity index (χ4n) is 4.26. The van der Waals surface area contributed by atoms with Crippen LogP contribution in [0.3, 0.4) is 0 Å². The molecule has 0 aromatic carbocycles. The van der Waals surface area contributed by atoms with Crippen molar-refractivity contribution in [2.24, 2.45) is 4.99 Å². The predicted molar refractivity (Wildman–Crippen MR) is 101 cm³/mol. The van der Waals surface area contributed by atoms with Gasteiger partial charge in [0.1, 0.15) is 0 Å². The van der Waals surface area contributed by atoms with Gasteiger partial charge < -0.3 is 16.0 Å². The van der Waals surface area contributed by atoms with Gasteiger partial charge >= 0.3 is 6.03 Å². The van der Waals surface area contributed by atoms with Crippen LogP contribution >= 0.6 is 0 Å². The number of imide groups is 1. The Hall–Kier alpha value is -1.83. The van der Waals surface area contributed by atoms with Crippen molar-refractivity contribution >= 4 is 17.9 Å². The van der Waals surface area contributed by atoms with Crippen molar-refractivity contribution in [3.63, 3.8) is 0 Å². The SMILES string of the molecule is CN=C(NCCN1C(=O)CNC1=O)NC1CCCN(C2CCCCC2)C1. The zero-order valence-corrected chi connectivity index (χ0v) is 15.8. The van der Waals surface area contributed by atoms with Gasteiger partial charge in [-0.3, -0.25) is 19.6 Å². The van der Waals surface area contributed by atoms with E-state index in [-0.39, 0.29) is 18.5 Å². The summed E-state index contributed by atoms with van der Waals surface area (Å²) in [5.41, 5.74) is 0. The number of aliphatic imine (C=N–C) groups is 1. The van der Waals surface area contributed by atoms with Crippen LogP contribution in [-0.2, 0) is 4.79 Å². The number of piperidine rings is 1. The van der Waals surface area contributed by atoms with E-state index in [9.17, 15) is 9.59 Å². The van der Waals surface area contributed by atoms with Crippen LogP contribution in [-0.4, -0.2) is 79.6 Å². The summed E-state index contributed by atoms with van der Waals surface area (Å²) >= 11 is 0. The molecule has 8 heteroatoms. The standard InChI is InChI=1S/C18H32N6O2/c1-19-17(20-9-11-24-16(25)12-21-18(24)26)22-14-6-5-10-23(13-14)15-7-3-2-4-8-15/h14-15H,2-13H2,1H3,(H,21,26)(H2,19,20,22). The summed E-state index contributed by atoms with van der Waals surface area (Å²) in [6.45, 7) is 3.23. The van der Waals surface area contributed by atoms with Crippen molar-refractivity contribution in [1.82, 2.24) is 25.8 Å². The molecule has 2 saturated heterocycles. The number of carbonyl (C=O) groups is 2. The molecule has 8 nitrogen and oxygen atoms in total. The third-order valence-corrected chi connectivity index (χ3v) is 5.67. The number of carbonyl (C=O) groups excluding carboxylic acids is 2. The lowest BCUT2D eigenvalue weighted by atomic mass is 9.92. The highest BCUT2D eigenvalue weighted by molar-refractivity contribution is 6.01. The number of amides is 3. The number of hydrogen-bond acceptors (Lipinski definition) is 4. The van der Waals surface area contributed by atoms with Gasteiger partial charge in [-0.25, -0.2) is 4.79 Å². The van der Waals surface area contributed by atoms with Crippen molar-refractivity contribution in [1.29, 1.82) is 0 Å². The zero-order chi connectivity index (χ0) is 18.4. The summed E-state index contributed by atoms with van der Waals surface area (Å²) in [6, 6.07) is 0.840. The van der Waals surface area contributed by atoms with E-state index >= 15 is 0 Å². The van der Waals surface area contributed by atoms with E-state index in [0.717, 1.165) is 25.0 Å². The summed E-state index contributed by atoms with van der Waals surface area (Å²) < 4.78 is 0. The highest BCUT2D eigenvalue weighted by Crippen LogP contribution is 2.25. The first-order valence-electron chi connectivity index (χ1n) is 9.97. The first-order chi connectivity index (χ1) is 12.7. The number of nitrogens with zero attached hydrogens (tertiary/aromatic N) is 3. The van der Waals surface area contributed by atoms with E-state index in [1.165, 1.54) is 50.0 Å². The molecule has 1 unspecified atom stereocenters. The van der Waals surface area contributed by atoms with Crippen LogP contribution in [0.25, 0.3) is 0 Å². The molecule has 26 heavy (non-hydrogen) atoms. The van der Waals surface area contributed by atoms with Crippen LogP contribution < -0.4 is 16.0 Å². The molecule has 146 valence electrons. The smallest absolute Gasteiger partial charge is 0.324 e. The molecule has 0 radical (unpaired) electrons. The summed E-state index contributed by atoms with van der Waals surface area (Å²) in [7, 11) is 1.75. The third kappa shape index (κ3) is 4.87. The summed E-state index contributed by atoms with van der Waals surface area (Å²) in [5, 5.41) is 9.27. The van der Waals surface area contributed by atoms with Crippen LogP contribution in [0.5, 0.6) is 0 Å². The van der Waals surface area contributed by atoms with Crippen molar-refractivity contribution in [2.75, 3.05) is 39.8 Å². The molecular formula is C18H32N6O2. The number of likely N-dealkylation sites (tertiary alicyclic amines) is 1. The minimum absolute atomic E-state index is 0.102. The normalized spacial score (nSPS) is 26.1.